The molecule has 0 saturated heterocycles. The summed E-state index contributed by atoms with van der Waals surface area (Å²) in [6.45, 7) is 4.49. The predicted octanol–water partition coefficient (Wildman–Crippen LogP) is 3.96. The molecule has 0 aliphatic carbocycles. The Balaban J connectivity index is 1.70. The fourth-order valence-corrected chi connectivity index (χ4v) is 2.63. The smallest absolute Gasteiger partial charge is 0.255 e. The first kappa shape index (κ1) is 18.1. The Bertz CT molecular complexity index is 834. The standard InChI is InChI=1S/C19H19ClN2O4/c1-11(2)18(23)21-13-3-5-14(6-4-13)22-19(24)12-9-15(20)17-16(10-12)25-7-8-26-17/h3-6,9-11H,7-8H2,1-2H3,(H,21,23)(H,22,24). The van der Waals surface area contributed by atoms with Gasteiger partial charge in [-0.3, -0.25) is 9.59 Å². The van der Waals surface area contributed by atoms with Crippen LogP contribution in [-0.4, -0.2) is 25.0 Å². The number of fused-ring (bicyclic) bond motifs is 1. The van der Waals surface area contributed by atoms with Crippen molar-refractivity contribution in [2.24, 2.45) is 5.92 Å². The number of carbonyl (C=O) groups excluding carboxylic acids is 2. The van der Waals surface area contributed by atoms with E-state index in [1.807, 2.05) is 13.8 Å². The lowest BCUT2D eigenvalue weighted by molar-refractivity contribution is -0.118. The first-order chi connectivity index (χ1) is 12.4. The first-order valence-corrected chi connectivity index (χ1v) is 8.63. The second kappa shape index (κ2) is 7.66. The highest BCUT2D eigenvalue weighted by Crippen LogP contribution is 2.38. The molecule has 26 heavy (non-hydrogen) atoms. The largest absolute Gasteiger partial charge is 0.486 e. The van der Waals surface area contributed by atoms with Gasteiger partial charge in [-0.2, -0.15) is 0 Å². The summed E-state index contributed by atoms with van der Waals surface area (Å²) in [6.07, 6.45) is 0. The van der Waals surface area contributed by atoms with Crippen LogP contribution in [0.3, 0.4) is 0 Å². The maximum atomic E-state index is 12.5. The number of carbonyl (C=O) groups is 2. The van der Waals surface area contributed by atoms with Gasteiger partial charge in [0.25, 0.3) is 5.91 Å². The molecule has 0 bridgehead atoms. The van der Waals surface area contributed by atoms with Crippen molar-refractivity contribution >= 4 is 34.8 Å². The van der Waals surface area contributed by atoms with Gasteiger partial charge >= 0.3 is 0 Å². The molecule has 0 saturated carbocycles. The third-order valence-corrected chi connectivity index (χ3v) is 4.07. The lowest BCUT2D eigenvalue weighted by atomic mass is 10.1. The van der Waals surface area contributed by atoms with Gasteiger partial charge in [0.05, 0.1) is 5.02 Å². The number of nitrogens with one attached hydrogen (secondary N) is 2. The summed E-state index contributed by atoms with van der Waals surface area (Å²) >= 11 is 6.16. The Morgan fingerprint density at radius 1 is 1.00 bits per heavy atom. The van der Waals surface area contributed by atoms with E-state index in [1.54, 1.807) is 36.4 Å². The van der Waals surface area contributed by atoms with Crippen LogP contribution in [0.15, 0.2) is 36.4 Å². The number of rotatable bonds is 4. The van der Waals surface area contributed by atoms with Crippen molar-refractivity contribution in [2.45, 2.75) is 13.8 Å². The summed E-state index contributed by atoms with van der Waals surface area (Å²) < 4.78 is 10.9. The molecule has 0 spiro atoms. The lowest BCUT2D eigenvalue weighted by Gasteiger charge is -2.20. The molecule has 6 nitrogen and oxygen atoms in total. The van der Waals surface area contributed by atoms with Crippen LogP contribution < -0.4 is 20.1 Å². The maximum Gasteiger partial charge on any atom is 0.255 e. The fourth-order valence-electron chi connectivity index (χ4n) is 2.37. The van der Waals surface area contributed by atoms with E-state index in [4.69, 9.17) is 21.1 Å². The topological polar surface area (TPSA) is 76.7 Å². The molecule has 0 radical (unpaired) electrons. The Labute approximate surface area is 156 Å². The number of amides is 2. The summed E-state index contributed by atoms with van der Waals surface area (Å²) in [5.41, 5.74) is 1.64. The Morgan fingerprint density at radius 2 is 1.62 bits per heavy atom. The Hall–Kier alpha value is -2.73. The molecule has 2 amide bonds. The zero-order valence-electron chi connectivity index (χ0n) is 14.5. The van der Waals surface area contributed by atoms with E-state index in [2.05, 4.69) is 10.6 Å². The van der Waals surface area contributed by atoms with Gasteiger partial charge in [-0.05, 0) is 36.4 Å². The quantitative estimate of drug-likeness (QED) is 0.849. The molecule has 2 aromatic rings. The van der Waals surface area contributed by atoms with Gasteiger partial charge in [0, 0.05) is 22.9 Å². The molecule has 3 rings (SSSR count). The molecule has 1 aliphatic heterocycles. The van der Waals surface area contributed by atoms with Crippen LogP contribution in [0, 0.1) is 5.92 Å². The second-order valence-electron chi connectivity index (χ2n) is 6.16. The van der Waals surface area contributed by atoms with E-state index in [0.717, 1.165) is 0 Å². The number of hydrogen-bond acceptors (Lipinski definition) is 4. The van der Waals surface area contributed by atoms with Crippen LogP contribution in [0.5, 0.6) is 11.5 Å². The van der Waals surface area contributed by atoms with Gasteiger partial charge < -0.3 is 20.1 Å². The number of halogens is 1. The highest BCUT2D eigenvalue weighted by Gasteiger charge is 2.19. The summed E-state index contributed by atoms with van der Waals surface area (Å²) in [4.78, 5) is 24.2. The van der Waals surface area contributed by atoms with Gasteiger partial charge in [0.15, 0.2) is 11.5 Å². The Morgan fingerprint density at radius 3 is 2.27 bits per heavy atom. The highest BCUT2D eigenvalue weighted by atomic mass is 35.5. The molecule has 2 N–H and O–H groups in total. The van der Waals surface area contributed by atoms with E-state index in [1.165, 1.54) is 0 Å². The summed E-state index contributed by atoms with van der Waals surface area (Å²) in [5, 5.41) is 5.92. The molecule has 0 fully saturated rings. The van der Waals surface area contributed by atoms with Gasteiger partial charge in [0.2, 0.25) is 5.91 Å². The molecule has 1 heterocycles. The van der Waals surface area contributed by atoms with E-state index < -0.39 is 0 Å². The molecule has 1 aliphatic rings. The predicted molar refractivity (Wildman–Crippen MR) is 100 cm³/mol. The summed E-state index contributed by atoms with van der Waals surface area (Å²) in [7, 11) is 0. The molecular weight excluding hydrogens is 356 g/mol. The average Bonchev–Trinajstić information content (AvgIpc) is 2.63. The van der Waals surface area contributed by atoms with E-state index in [9.17, 15) is 9.59 Å². The normalized spacial score (nSPS) is 12.6. The van der Waals surface area contributed by atoms with E-state index in [0.29, 0.717) is 46.7 Å². The third kappa shape index (κ3) is 4.08. The number of anilines is 2. The van der Waals surface area contributed by atoms with Crippen LogP contribution in [0.25, 0.3) is 0 Å². The maximum absolute atomic E-state index is 12.5. The molecular formula is C19H19ClN2O4. The van der Waals surface area contributed by atoms with Crippen molar-refractivity contribution in [3.8, 4) is 11.5 Å². The van der Waals surface area contributed by atoms with Crippen molar-refractivity contribution < 1.29 is 19.1 Å². The van der Waals surface area contributed by atoms with Crippen molar-refractivity contribution in [1.82, 2.24) is 0 Å². The van der Waals surface area contributed by atoms with Gasteiger partial charge in [-0.25, -0.2) is 0 Å². The Kier molecular flexibility index (Phi) is 5.32. The van der Waals surface area contributed by atoms with Crippen LogP contribution >= 0.6 is 11.6 Å². The molecule has 2 aromatic carbocycles. The highest BCUT2D eigenvalue weighted by molar-refractivity contribution is 6.32. The van der Waals surface area contributed by atoms with Crippen molar-refractivity contribution in [3.05, 3.63) is 47.0 Å². The minimum absolute atomic E-state index is 0.0623. The average molecular weight is 375 g/mol. The van der Waals surface area contributed by atoms with E-state index in [-0.39, 0.29) is 17.7 Å². The molecule has 136 valence electrons. The number of hydrogen-bond donors (Lipinski definition) is 2. The molecule has 0 aromatic heterocycles. The minimum atomic E-state index is -0.317. The van der Waals surface area contributed by atoms with Crippen LogP contribution in [-0.2, 0) is 4.79 Å². The number of benzene rings is 2. The second-order valence-corrected chi connectivity index (χ2v) is 6.56. The third-order valence-electron chi connectivity index (χ3n) is 3.79. The van der Waals surface area contributed by atoms with Gasteiger partial charge in [-0.15, -0.1) is 0 Å². The minimum Gasteiger partial charge on any atom is -0.486 e. The van der Waals surface area contributed by atoms with Gasteiger partial charge in [0.1, 0.15) is 13.2 Å². The SMILES string of the molecule is CC(C)C(=O)Nc1ccc(NC(=O)c2cc(Cl)c3c(c2)OCCO3)cc1. The van der Waals surface area contributed by atoms with Crippen molar-refractivity contribution in [1.29, 1.82) is 0 Å². The summed E-state index contributed by atoms with van der Waals surface area (Å²) in [6, 6.07) is 10.0. The van der Waals surface area contributed by atoms with Crippen LogP contribution in [0.1, 0.15) is 24.2 Å². The van der Waals surface area contributed by atoms with Crippen molar-refractivity contribution in [2.75, 3.05) is 23.8 Å². The molecule has 0 atom stereocenters. The first-order valence-electron chi connectivity index (χ1n) is 8.25. The monoisotopic (exact) mass is 374 g/mol. The fraction of sp³-hybridized carbons (Fsp3) is 0.263. The van der Waals surface area contributed by atoms with E-state index >= 15 is 0 Å². The zero-order chi connectivity index (χ0) is 18.7. The van der Waals surface area contributed by atoms with Crippen LogP contribution in [0.4, 0.5) is 11.4 Å². The molecule has 7 heteroatoms. The zero-order valence-corrected chi connectivity index (χ0v) is 15.2. The summed E-state index contributed by atoms with van der Waals surface area (Å²) in [5.74, 6) is 0.435. The van der Waals surface area contributed by atoms with Gasteiger partial charge in [-0.1, -0.05) is 25.4 Å². The lowest BCUT2D eigenvalue weighted by Crippen LogP contribution is -2.18. The van der Waals surface area contributed by atoms with Crippen LogP contribution in [0.2, 0.25) is 5.02 Å². The molecule has 0 unspecified atom stereocenters. The van der Waals surface area contributed by atoms with Crippen molar-refractivity contribution in [3.63, 3.8) is 0 Å². The number of ether oxygens (including phenoxy) is 2.